The zero-order valence-corrected chi connectivity index (χ0v) is 15.1. The van der Waals surface area contributed by atoms with Crippen molar-refractivity contribution in [1.29, 1.82) is 0 Å². The summed E-state index contributed by atoms with van der Waals surface area (Å²) in [7, 11) is 0. The highest BCUT2D eigenvalue weighted by Crippen LogP contribution is 2.29. The van der Waals surface area contributed by atoms with Gasteiger partial charge < -0.3 is 25.2 Å². The number of benzene rings is 1. The van der Waals surface area contributed by atoms with Crippen molar-refractivity contribution < 1.29 is 24.2 Å². The average molecular weight is 350 g/mol. The van der Waals surface area contributed by atoms with Crippen LogP contribution in [-0.2, 0) is 16.1 Å². The lowest BCUT2D eigenvalue weighted by atomic mass is 9.94. The number of rotatable bonds is 6. The van der Waals surface area contributed by atoms with E-state index in [1.54, 1.807) is 6.07 Å². The maximum absolute atomic E-state index is 11.9. The van der Waals surface area contributed by atoms with E-state index in [1.165, 1.54) is 0 Å². The number of fused-ring (bicyclic) bond motifs is 1. The molecule has 1 aliphatic heterocycles. The SMILES string of the molecule is Cc1c([C@H](COC(=O)NC(C)(C)C)NCCO)ccc2c1COC2=O. The van der Waals surface area contributed by atoms with Gasteiger partial charge in [0.05, 0.1) is 18.2 Å². The van der Waals surface area contributed by atoms with Crippen LogP contribution in [0.5, 0.6) is 0 Å². The summed E-state index contributed by atoms with van der Waals surface area (Å²) in [5, 5.41) is 15.0. The molecular weight excluding hydrogens is 324 g/mol. The van der Waals surface area contributed by atoms with Gasteiger partial charge in [0.25, 0.3) is 0 Å². The highest BCUT2D eigenvalue weighted by Gasteiger charge is 2.26. The van der Waals surface area contributed by atoms with E-state index in [0.29, 0.717) is 12.1 Å². The Kier molecular flexibility index (Phi) is 6.02. The van der Waals surface area contributed by atoms with Crippen molar-refractivity contribution in [2.45, 2.75) is 45.9 Å². The molecular formula is C18H26N2O5. The Labute approximate surface area is 147 Å². The summed E-state index contributed by atoms with van der Waals surface area (Å²) in [6, 6.07) is 3.27. The molecule has 0 saturated carbocycles. The van der Waals surface area contributed by atoms with E-state index < -0.39 is 6.09 Å². The molecule has 1 aliphatic rings. The van der Waals surface area contributed by atoms with Crippen LogP contribution in [-0.4, -0.2) is 42.5 Å². The second-order valence-corrected chi connectivity index (χ2v) is 7.09. The predicted molar refractivity (Wildman–Crippen MR) is 92.4 cm³/mol. The van der Waals surface area contributed by atoms with Crippen molar-refractivity contribution in [2.24, 2.45) is 0 Å². The molecule has 0 unspecified atom stereocenters. The van der Waals surface area contributed by atoms with Gasteiger partial charge in [-0.3, -0.25) is 0 Å². The summed E-state index contributed by atoms with van der Waals surface area (Å²) >= 11 is 0. The lowest BCUT2D eigenvalue weighted by Crippen LogP contribution is -2.42. The maximum Gasteiger partial charge on any atom is 0.407 e. The van der Waals surface area contributed by atoms with Gasteiger partial charge in [-0.15, -0.1) is 0 Å². The molecule has 0 bridgehead atoms. The molecule has 7 heteroatoms. The molecule has 0 saturated heterocycles. The third kappa shape index (κ3) is 4.93. The summed E-state index contributed by atoms with van der Waals surface area (Å²) in [5.41, 5.74) is 2.89. The highest BCUT2D eigenvalue weighted by molar-refractivity contribution is 5.94. The first kappa shape index (κ1) is 19.2. The van der Waals surface area contributed by atoms with Gasteiger partial charge in [0.2, 0.25) is 0 Å². The third-order valence-corrected chi connectivity index (χ3v) is 3.94. The quantitative estimate of drug-likeness (QED) is 0.677. The van der Waals surface area contributed by atoms with Crippen molar-refractivity contribution in [2.75, 3.05) is 19.8 Å². The zero-order valence-electron chi connectivity index (χ0n) is 15.1. The molecule has 7 nitrogen and oxygen atoms in total. The average Bonchev–Trinajstić information content (AvgIpc) is 2.89. The van der Waals surface area contributed by atoms with Crippen molar-refractivity contribution in [3.05, 3.63) is 34.4 Å². The number of hydrogen-bond acceptors (Lipinski definition) is 6. The molecule has 0 aromatic heterocycles. The molecule has 1 aromatic rings. The fourth-order valence-corrected chi connectivity index (χ4v) is 2.74. The van der Waals surface area contributed by atoms with Crippen LogP contribution in [0, 0.1) is 6.92 Å². The Morgan fingerprint density at radius 2 is 2.12 bits per heavy atom. The number of carbonyl (C=O) groups is 2. The fourth-order valence-electron chi connectivity index (χ4n) is 2.74. The van der Waals surface area contributed by atoms with E-state index in [9.17, 15) is 9.59 Å². The standard InChI is InChI=1S/C18H26N2O5/c1-11-12(5-6-13-14(11)9-24-16(13)22)15(19-7-8-21)10-25-17(23)20-18(2,3)4/h5-6,15,19,21H,7-10H2,1-4H3,(H,20,23)/t15-/m0/s1. The normalized spacial score (nSPS) is 14.7. The minimum absolute atomic E-state index is 0.0315. The van der Waals surface area contributed by atoms with E-state index in [2.05, 4.69) is 10.6 Å². The summed E-state index contributed by atoms with van der Waals surface area (Å²) in [4.78, 5) is 23.6. The summed E-state index contributed by atoms with van der Waals surface area (Å²) in [6.45, 7) is 8.23. The molecule has 3 N–H and O–H groups in total. The van der Waals surface area contributed by atoms with Crippen LogP contribution in [0.4, 0.5) is 4.79 Å². The number of ether oxygens (including phenoxy) is 2. The lowest BCUT2D eigenvalue weighted by Gasteiger charge is -2.24. The Hall–Kier alpha value is -2.12. The first-order valence-electron chi connectivity index (χ1n) is 8.31. The number of nitrogens with one attached hydrogen (secondary N) is 2. The molecule has 2 rings (SSSR count). The third-order valence-electron chi connectivity index (χ3n) is 3.94. The smallest absolute Gasteiger partial charge is 0.407 e. The Balaban J connectivity index is 2.15. The molecule has 0 aliphatic carbocycles. The Bertz CT molecular complexity index is 652. The van der Waals surface area contributed by atoms with Gasteiger partial charge in [0, 0.05) is 17.6 Å². The largest absolute Gasteiger partial charge is 0.457 e. The number of amides is 1. The van der Waals surface area contributed by atoms with Gasteiger partial charge in [-0.2, -0.15) is 0 Å². The molecule has 1 heterocycles. The molecule has 0 radical (unpaired) electrons. The number of alkyl carbamates (subject to hydrolysis) is 1. The number of esters is 1. The first-order chi connectivity index (χ1) is 11.7. The van der Waals surface area contributed by atoms with Crippen LogP contribution in [0.1, 0.15) is 53.9 Å². The second-order valence-electron chi connectivity index (χ2n) is 7.09. The van der Waals surface area contributed by atoms with E-state index in [4.69, 9.17) is 14.6 Å². The van der Waals surface area contributed by atoms with Crippen LogP contribution in [0.25, 0.3) is 0 Å². The van der Waals surface area contributed by atoms with Gasteiger partial charge in [-0.1, -0.05) is 6.07 Å². The van der Waals surface area contributed by atoms with Gasteiger partial charge in [0.15, 0.2) is 0 Å². The van der Waals surface area contributed by atoms with Crippen LogP contribution >= 0.6 is 0 Å². The van der Waals surface area contributed by atoms with Crippen molar-refractivity contribution in [3.63, 3.8) is 0 Å². The van der Waals surface area contributed by atoms with E-state index in [-0.39, 0.29) is 37.4 Å². The van der Waals surface area contributed by atoms with Crippen molar-refractivity contribution in [3.8, 4) is 0 Å². The number of aliphatic hydroxyl groups excluding tert-OH is 1. The topological polar surface area (TPSA) is 96.9 Å². The van der Waals surface area contributed by atoms with E-state index in [1.807, 2.05) is 33.8 Å². The van der Waals surface area contributed by atoms with Gasteiger partial charge in [0.1, 0.15) is 13.2 Å². The molecule has 0 fully saturated rings. The number of carbonyl (C=O) groups excluding carboxylic acids is 2. The fraction of sp³-hybridized carbons (Fsp3) is 0.556. The minimum Gasteiger partial charge on any atom is -0.457 e. The van der Waals surface area contributed by atoms with Crippen LogP contribution in [0.3, 0.4) is 0 Å². The monoisotopic (exact) mass is 350 g/mol. The molecule has 0 spiro atoms. The van der Waals surface area contributed by atoms with Gasteiger partial charge >= 0.3 is 12.1 Å². The summed E-state index contributed by atoms with van der Waals surface area (Å²) in [5.74, 6) is -0.315. The highest BCUT2D eigenvalue weighted by atomic mass is 16.5. The Morgan fingerprint density at radius 3 is 2.76 bits per heavy atom. The maximum atomic E-state index is 11.9. The summed E-state index contributed by atoms with van der Waals surface area (Å²) < 4.78 is 10.4. The second kappa shape index (κ2) is 7.84. The van der Waals surface area contributed by atoms with E-state index in [0.717, 1.165) is 16.7 Å². The van der Waals surface area contributed by atoms with Gasteiger partial charge in [-0.25, -0.2) is 9.59 Å². The van der Waals surface area contributed by atoms with Crippen LogP contribution < -0.4 is 10.6 Å². The first-order valence-corrected chi connectivity index (χ1v) is 8.31. The molecule has 138 valence electrons. The summed E-state index contributed by atoms with van der Waals surface area (Å²) in [6.07, 6.45) is -0.499. The van der Waals surface area contributed by atoms with Gasteiger partial charge in [-0.05, 0) is 44.9 Å². The lowest BCUT2D eigenvalue weighted by molar-refractivity contribution is 0.0534. The molecule has 1 amide bonds. The van der Waals surface area contributed by atoms with Crippen LogP contribution in [0.2, 0.25) is 0 Å². The molecule has 25 heavy (non-hydrogen) atoms. The number of hydrogen-bond donors (Lipinski definition) is 3. The van der Waals surface area contributed by atoms with Crippen molar-refractivity contribution >= 4 is 12.1 Å². The molecule has 1 aromatic carbocycles. The predicted octanol–water partition coefficient (Wildman–Crippen LogP) is 1.81. The van der Waals surface area contributed by atoms with Crippen LogP contribution in [0.15, 0.2) is 12.1 Å². The van der Waals surface area contributed by atoms with E-state index >= 15 is 0 Å². The van der Waals surface area contributed by atoms with Crippen molar-refractivity contribution in [1.82, 2.24) is 10.6 Å². The minimum atomic E-state index is -0.499. The zero-order chi connectivity index (χ0) is 18.6. The Morgan fingerprint density at radius 1 is 1.40 bits per heavy atom. The molecule has 1 atom stereocenters. The number of cyclic esters (lactones) is 1. The number of aliphatic hydroxyl groups is 1.